The Hall–Kier alpha value is -1.92. The zero-order chi connectivity index (χ0) is 13.8. The minimum atomic E-state index is -4.18. The number of carbonyl (C=O) groups is 1. The summed E-state index contributed by atoms with van der Waals surface area (Å²) in [6, 6.07) is 4.03. The minimum Gasteiger partial charge on any atom is -0.478 e. The number of nitrogen functional groups attached to an aromatic ring is 1. The summed E-state index contributed by atoms with van der Waals surface area (Å²) < 4.78 is 35.7. The molecule has 100 valence electrons. The molecule has 0 saturated carbocycles. The number of aromatic carboxylic acids is 1. The van der Waals surface area contributed by atoms with Crippen LogP contribution in [0.2, 0.25) is 0 Å². The van der Waals surface area contributed by atoms with Crippen LogP contribution < -0.4 is 11.1 Å². The largest absolute Gasteiger partial charge is 0.478 e. The average molecular weight is 262 g/mol. The second kappa shape index (κ2) is 5.61. The molecule has 1 rings (SSSR count). The van der Waals surface area contributed by atoms with Crippen LogP contribution in [0.25, 0.3) is 0 Å². The van der Waals surface area contributed by atoms with E-state index in [2.05, 4.69) is 5.32 Å². The number of hydrogen-bond donors (Lipinski definition) is 3. The van der Waals surface area contributed by atoms with E-state index in [9.17, 15) is 18.0 Å². The fraction of sp³-hybridized carbons (Fsp3) is 0.364. The molecule has 18 heavy (non-hydrogen) atoms. The molecular weight excluding hydrogens is 249 g/mol. The summed E-state index contributed by atoms with van der Waals surface area (Å²) in [5.74, 6) is -1.12. The van der Waals surface area contributed by atoms with Crippen LogP contribution in [0.4, 0.5) is 24.5 Å². The van der Waals surface area contributed by atoms with Gasteiger partial charge in [0.2, 0.25) is 0 Å². The zero-order valence-electron chi connectivity index (χ0n) is 9.42. The smallest absolute Gasteiger partial charge is 0.389 e. The van der Waals surface area contributed by atoms with E-state index >= 15 is 0 Å². The van der Waals surface area contributed by atoms with Crippen LogP contribution in [0.3, 0.4) is 0 Å². The normalized spacial score (nSPS) is 11.3. The molecule has 0 aliphatic rings. The predicted octanol–water partition coefficient (Wildman–Crippen LogP) is 2.72. The van der Waals surface area contributed by atoms with E-state index in [0.29, 0.717) is 11.4 Å². The number of halogens is 3. The van der Waals surface area contributed by atoms with E-state index in [1.54, 1.807) is 0 Å². The third-order valence-electron chi connectivity index (χ3n) is 2.25. The second-order valence-corrected chi connectivity index (χ2v) is 3.75. The first-order valence-electron chi connectivity index (χ1n) is 5.23. The Morgan fingerprint density at radius 1 is 1.39 bits per heavy atom. The zero-order valence-corrected chi connectivity index (χ0v) is 9.42. The van der Waals surface area contributed by atoms with Crippen molar-refractivity contribution in [3.8, 4) is 0 Å². The Bertz CT molecular complexity index is 433. The van der Waals surface area contributed by atoms with E-state index in [-0.39, 0.29) is 18.5 Å². The van der Waals surface area contributed by atoms with Crippen LogP contribution in [0.5, 0.6) is 0 Å². The molecule has 0 aliphatic heterocycles. The Morgan fingerprint density at radius 3 is 2.61 bits per heavy atom. The lowest BCUT2D eigenvalue weighted by atomic mass is 10.1. The molecular formula is C11H13F3N2O2. The second-order valence-electron chi connectivity index (χ2n) is 3.75. The molecule has 1 aromatic rings. The molecule has 0 atom stereocenters. The molecule has 1 aromatic carbocycles. The van der Waals surface area contributed by atoms with Crippen molar-refractivity contribution in [1.29, 1.82) is 0 Å². The van der Waals surface area contributed by atoms with E-state index in [0.717, 1.165) is 0 Å². The van der Waals surface area contributed by atoms with Gasteiger partial charge in [-0.15, -0.1) is 0 Å². The van der Waals surface area contributed by atoms with Crippen molar-refractivity contribution >= 4 is 17.3 Å². The molecule has 0 amide bonds. The van der Waals surface area contributed by atoms with E-state index in [1.807, 2.05) is 0 Å². The average Bonchev–Trinajstić information content (AvgIpc) is 2.24. The Balaban J connectivity index is 2.56. The van der Waals surface area contributed by atoms with E-state index in [4.69, 9.17) is 10.8 Å². The maximum absolute atomic E-state index is 11.9. The lowest BCUT2D eigenvalue weighted by Crippen LogP contribution is -2.12. The molecule has 0 heterocycles. The number of nitrogens with one attached hydrogen (secondary N) is 1. The van der Waals surface area contributed by atoms with Gasteiger partial charge in [0.05, 0.1) is 16.9 Å². The third-order valence-corrected chi connectivity index (χ3v) is 2.25. The molecule has 4 nitrogen and oxygen atoms in total. The van der Waals surface area contributed by atoms with Gasteiger partial charge in [0.15, 0.2) is 0 Å². The molecule has 4 N–H and O–H groups in total. The Kier molecular flexibility index (Phi) is 4.41. The Morgan fingerprint density at radius 2 is 2.06 bits per heavy atom. The molecule has 0 spiro atoms. The quantitative estimate of drug-likeness (QED) is 0.563. The number of benzene rings is 1. The summed E-state index contributed by atoms with van der Waals surface area (Å²) in [4.78, 5) is 10.7. The lowest BCUT2D eigenvalue weighted by Gasteiger charge is -2.11. The summed E-state index contributed by atoms with van der Waals surface area (Å²) >= 11 is 0. The summed E-state index contributed by atoms with van der Waals surface area (Å²) in [6.07, 6.45) is -5.17. The van der Waals surface area contributed by atoms with Gasteiger partial charge in [-0.1, -0.05) is 0 Å². The van der Waals surface area contributed by atoms with Gasteiger partial charge in [-0.3, -0.25) is 0 Å². The minimum absolute atomic E-state index is 0.0301. The first-order valence-corrected chi connectivity index (χ1v) is 5.23. The topological polar surface area (TPSA) is 75.4 Å². The molecule has 0 radical (unpaired) electrons. The van der Waals surface area contributed by atoms with Crippen LogP contribution in [-0.2, 0) is 0 Å². The van der Waals surface area contributed by atoms with Gasteiger partial charge in [-0.25, -0.2) is 4.79 Å². The van der Waals surface area contributed by atoms with Crippen LogP contribution in [0.1, 0.15) is 23.2 Å². The summed E-state index contributed by atoms with van der Waals surface area (Å²) in [5.41, 5.74) is 6.24. The summed E-state index contributed by atoms with van der Waals surface area (Å²) in [5, 5.41) is 11.5. The van der Waals surface area contributed by atoms with Crippen molar-refractivity contribution in [2.75, 3.05) is 17.6 Å². The summed E-state index contributed by atoms with van der Waals surface area (Å²) in [6.45, 7) is 0.0762. The SMILES string of the molecule is Nc1ccc(C(=O)O)cc1NCCCC(F)(F)F. The number of anilines is 2. The van der Waals surface area contributed by atoms with Crippen LogP contribution in [-0.4, -0.2) is 23.8 Å². The highest BCUT2D eigenvalue weighted by molar-refractivity contribution is 5.90. The maximum atomic E-state index is 11.9. The fourth-order valence-electron chi connectivity index (χ4n) is 1.35. The van der Waals surface area contributed by atoms with Gasteiger partial charge in [0, 0.05) is 13.0 Å². The monoisotopic (exact) mass is 262 g/mol. The van der Waals surface area contributed by atoms with Crippen LogP contribution in [0.15, 0.2) is 18.2 Å². The highest BCUT2D eigenvalue weighted by Crippen LogP contribution is 2.23. The third kappa shape index (κ3) is 4.52. The fourth-order valence-corrected chi connectivity index (χ4v) is 1.35. The van der Waals surface area contributed by atoms with Gasteiger partial charge in [0.25, 0.3) is 0 Å². The van der Waals surface area contributed by atoms with Crippen molar-refractivity contribution in [2.45, 2.75) is 19.0 Å². The van der Waals surface area contributed by atoms with Gasteiger partial charge in [-0.2, -0.15) is 13.2 Å². The standard InChI is InChI=1S/C11H13F3N2O2/c12-11(13,14)4-1-5-16-9-6-7(10(17)18)2-3-8(9)15/h2-3,6,16H,1,4-5,15H2,(H,17,18). The highest BCUT2D eigenvalue weighted by Gasteiger charge is 2.25. The van der Waals surface area contributed by atoms with Gasteiger partial charge in [0.1, 0.15) is 0 Å². The number of carboxylic acids is 1. The van der Waals surface area contributed by atoms with Gasteiger partial charge >= 0.3 is 12.1 Å². The van der Waals surface area contributed by atoms with E-state index in [1.165, 1.54) is 18.2 Å². The molecule has 0 aromatic heterocycles. The van der Waals surface area contributed by atoms with Gasteiger partial charge in [-0.05, 0) is 24.6 Å². The molecule has 0 unspecified atom stereocenters. The van der Waals surface area contributed by atoms with Crippen LogP contribution >= 0.6 is 0 Å². The Labute approximate surface area is 102 Å². The molecule has 0 fully saturated rings. The number of nitrogens with two attached hydrogens (primary N) is 1. The van der Waals surface area contributed by atoms with Crippen molar-refractivity contribution in [3.63, 3.8) is 0 Å². The van der Waals surface area contributed by atoms with Crippen molar-refractivity contribution in [1.82, 2.24) is 0 Å². The number of alkyl halides is 3. The van der Waals surface area contributed by atoms with Crippen LogP contribution in [0, 0.1) is 0 Å². The number of rotatable bonds is 5. The molecule has 7 heteroatoms. The maximum Gasteiger partial charge on any atom is 0.389 e. The molecule has 0 saturated heterocycles. The number of hydrogen-bond acceptors (Lipinski definition) is 3. The van der Waals surface area contributed by atoms with Crippen molar-refractivity contribution in [2.24, 2.45) is 0 Å². The lowest BCUT2D eigenvalue weighted by molar-refractivity contribution is -0.134. The van der Waals surface area contributed by atoms with Crippen molar-refractivity contribution in [3.05, 3.63) is 23.8 Å². The molecule has 0 aliphatic carbocycles. The first-order chi connectivity index (χ1) is 8.29. The number of carboxylic acid groups (broad SMARTS) is 1. The predicted molar refractivity (Wildman–Crippen MR) is 61.6 cm³/mol. The highest BCUT2D eigenvalue weighted by atomic mass is 19.4. The summed E-state index contributed by atoms with van der Waals surface area (Å²) in [7, 11) is 0. The van der Waals surface area contributed by atoms with Crippen molar-refractivity contribution < 1.29 is 23.1 Å². The molecule has 0 bridgehead atoms. The van der Waals surface area contributed by atoms with E-state index < -0.39 is 18.6 Å². The first kappa shape index (κ1) is 14.1. The van der Waals surface area contributed by atoms with Gasteiger partial charge < -0.3 is 16.2 Å².